The number of hydrogen-bond acceptors (Lipinski definition) is 4. The fraction of sp³-hybridized carbons (Fsp3) is 0.750. The van der Waals surface area contributed by atoms with Crippen LogP contribution in [0.25, 0.3) is 0 Å². The molecule has 0 saturated carbocycles. The minimum absolute atomic E-state index is 0.0249. The molecule has 7 heteroatoms. The number of nitrogens with two attached hydrogens (primary N) is 1. The molecule has 0 aromatic carbocycles. The van der Waals surface area contributed by atoms with Gasteiger partial charge in [-0.3, -0.25) is 4.68 Å². The summed E-state index contributed by atoms with van der Waals surface area (Å²) in [5, 5.41) is 4.03. The van der Waals surface area contributed by atoms with Crippen LogP contribution in [-0.2, 0) is 16.6 Å². The number of sulfonamides is 1. The molecule has 0 spiro atoms. The lowest BCUT2D eigenvalue weighted by atomic mass is 10.1. The van der Waals surface area contributed by atoms with E-state index in [0.29, 0.717) is 13.1 Å². The molecule has 1 saturated heterocycles. The van der Waals surface area contributed by atoms with E-state index in [0.717, 1.165) is 25.7 Å². The highest BCUT2D eigenvalue weighted by molar-refractivity contribution is 7.89. The lowest BCUT2D eigenvalue weighted by Crippen LogP contribution is -2.38. The SMILES string of the molecule is CCn1cc(S(=O)(=O)N2CCCCCC2C)c(N)n1. The molecule has 1 atom stereocenters. The molecular weight excluding hydrogens is 264 g/mol. The number of aryl methyl sites for hydroxylation is 1. The zero-order chi connectivity index (χ0) is 14.0. The molecule has 1 fully saturated rings. The van der Waals surface area contributed by atoms with Crippen LogP contribution >= 0.6 is 0 Å². The van der Waals surface area contributed by atoms with Crippen LogP contribution in [0.3, 0.4) is 0 Å². The zero-order valence-corrected chi connectivity index (χ0v) is 12.4. The highest BCUT2D eigenvalue weighted by atomic mass is 32.2. The Bertz CT molecular complexity index is 538. The summed E-state index contributed by atoms with van der Waals surface area (Å²) >= 11 is 0. The van der Waals surface area contributed by atoms with E-state index in [1.54, 1.807) is 8.99 Å². The summed E-state index contributed by atoms with van der Waals surface area (Å²) in [4.78, 5) is 0.142. The van der Waals surface area contributed by atoms with Gasteiger partial charge in [-0.15, -0.1) is 0 Å². The van der Waals surface area contributed by atoms with E-state index >= 15 is 0 Å². The van der Waals surface area contributed by atoms with E-state index in [1.165, 1.54) is 6.20 Å². The van der Waals surface area contributed by atoms with Crippen molar-refractivity contribution in [2.24, 2.45) is 0 Å². The smallest absolute Gasteiger partial charge is 0.248 e. The standard InChI is InChI=1S/C12H22N4O2S/c1-3-15-9-11(12(13)14-15)19(17,18)16-8-6-4-5-7-10(16)2/h9-10H,3-8H2,1-2H3,(H2,13,14). The number of hydrogen-bond donors (Lipinski definition) is 1. The second-order valence-electron chi connectivity index (χ2n) is 5.05. The Morgan fingerprint density at radius 1 is 1.42 bits per heavy atom. The quantitative estimate of drug-likeness (QED) is 0.911. The molecular formula is C12H22N4O2S. The fourth-order valence-electron chi connectivity index (χ4n) is 2.51. The van der Waals surface area contributed by atoms with Crippen LogP contribution in [0.5, 0.6) is 0 Å². The van der Waals surface area contributed by atoms with Crippen LogP contribution in [0.2, 0.25) is 0 Å². The number of aromatic nitrogens is 2. The summed E-state index contributed by atoms with van der Waals surface area (Å²) in [6, 6.07) is 0.0249. The van der Waals surface area contributed by atoms with Crippen LogP contribution in [0.4, 0.5) is 5.82 Å². The van der Waals surface area contributed by atoms with Crippen molar-refractivity contribution in [2.75, 3.05) is 12.3 Å². The molecule has 1 aromatic heterocycles. The maximum Gasteiger partial charge on any atom is 0.248 e. The topological polar surface area (TPSA) is 81.2 Å². The molecule has 0 amide bonds. The summed E-state index contributed by atoms with van der Waals surface area (Å²) in [7, 11) is -3.53. The van der Waals surface area contributed by atoms with Gasteiger partial charge >= 0.3 is 0 Å². The molecule has 1 aliphatic heterocycles. The first-order valence-corrected chi connectivity index (χ1v) is 8.25. The van der Waals surface area contributed by atoms with Crippen molar-refractivity contribution < 1.29 is 8.42 Å². The van der Waals surface area contributed by atoms with Crippen LogP contribution in [0, 0.1) is 0 Å². The summed E-state index contributed by atoms with van der Waals surface area (Å²) in [5.41, 5.74) is 5.76. The van der Waals surface area contributed by atoms with Gasteiger partial charge in [-0.25, -0.2) is 8.42 Å². The third-order valence-corrected chi connectivity index (χ3v) is 5.69. The van der Waals surface area contributed by atoms with E-state index in [2.05, 4.69) is 5.10 Å². The van der Waals surface area contributed by atoms with Crippen LogP contribution in [0.1, 0.15) is 39.5 Å². The predicted octanol–water partition coefficient (Wildman–Crippen LogP) is 1.44. The first kappa shape index (κ1) is 14.3. The Hall–Kier alpha value is -1.08. The van der Waals surface area contributed by atoms with Crippen molar-refractivity contribution in [3.8, 4) is 0 Å². The third-order valence-electron chi connectivity index (χ3n) is 3.66. The van der Waals surface area contributed by atoms with Crippen molar-refractivity contribution in [3.05, 3.63) is 6.20 Å². The van der Waals surface area contributed by atoms with Crippen molar-refractivity contribution in [1.82, 2.24) is 14.1 Å². The molecule has 2 heterocycles. The minimum atomic E-state index is -3.53. The first-order valence-electron chi connectivity index (χ1n) is 6.81. The van der Waals surface area contributed by atoms with Crippen molar-refractivity contribution in [3.63, 3.8) is 0 Å². The average molecular weight is 286 g/mol. The maximum absolute atomic E-state index is 12.7. The average Bonchev–Trinajstić information content (AvgIpc) is 2.61. The zero-order valence-electron chi connectivity index (χ0n) is 11.5. The van der Waals surface area contributed by atoms with Gasteiger partial charge in [-0.05, 0) is 26.7 Å². The van der Waals surface area contributed by atoms with Gasteiger partial charge in [0, 0.05) is 25.3 Å². The molecule has 2 rings (SSSR count). The highest BCUT2D eigenvalue weighted by Gasteiger charge is 2.32. The Labute approximate surface area is 114 Å². The first-order chi connectivity index (χ1) is 8.96. The van der Waals surface area contributed by atoms with Crippen molar-refractivity contribution >= 4 is 15.8 Å². The summed E-state index contributed by atoms with van der Waals surface area (Å²) in [5.74, 6) is 0.0956. The molecule has 6 nitrogen and oxygen atoms in total. The highest BCUT2D eigenvalue weighted by Crippen LogP contribution is 2.27. The second-order valence-corrected chi connectivity index (χ2v) is 6.91. The van der Waals surface area contributed by atoms with E-state index in [-0.39, 0.29) is 16.8 Å². The number of nitrogen functional groups attached to an aromatic ring is 1. The summed E-state index contributed by atoms with van der Waals surface area (Å²) < 4.78 is 28.5. The molecule has 0 aliphatic carbocycles. The van der Waals surface area contributed by atoms with E-state index in [4.69, 9.17) is 5.73 Å². The number of nitrogens with zero attached hydrogens (tertiary/aromatic N) is 3. The largest absolute Gasteiger partial charge is 0.381 e. The van der Waals surface area contributed by atoms with Gasteiger partial charge in [-0.2, -0.15) is 9.40 Å². The molecule has 1 aliphatic rings. The maximum atomic E-state index is 12.7. The van der Waals surface area contributed by atoms with E-state index < -0.39 is 10.0 Å². The molecule has 0 radical (unpaired) electrons. The van der Waals surface area contributed by atoms with Gasteiger partial charge in [0.25, 0.3) is 0 Å². The van der Waals surface area contributed by atoms with Gasteiger partial charge in [0.15, 0.2) is 5.82 Å². The predicted molar refractivity (Wildman–Crippen MR) is 74.1 cm³/mol. The van der Waals surface area contributed by atoms with Gasteiger partial charge in [-0.1, -0.05) is 12.8 Å². The normalized spacial score (nSPS) is 22.3. The summed E-state index contributed by atoms with van der Waals surface area (Å²) in [6.45, 7) is 5.04. The number of rotatable bonds is 3. The van der Waals surface area contributed by atoms with Gasteiger partial charge in [0.05, 0.1) is 0 Å². The second kappa shape index (κ2) is 5.50. The third kappa shape index (κ3) is 2.76. The van der Waals surface area contributed by atoms with Crippen molar-refractivity contribution in [2.45, 2.75) is 57.0 Å². The number of anilines is 1. The van der Waals surface area contributed by atoms with E-state index in [1.807, 2.05) is 13.8 Å². The van der Waals surface area contributed by atoms with Crippen LogP contribution in [0.15, 0.2) is 11.1 Å². The van der Waals surface area contributed by atoms with Crippen molar-refractivity contribution in [1.29, 1.82) is 0 Å². The Kier molecular flexibility index (Phi) is 4.15. The molecule has 19 heavy (non-hydrogen) atoms. The van der Waals surface area contributed by atoms with Crippen LogP contribution < -0.4 is 5.73 Å². The fourth-order valence-corrected chi connectivity index (χ4v) is 4.27. The minimum Gasteiger partial charge on any atom is -0.381 e. The van der Waals surface area contributed by atoms with Gasteiger partial charge in [0.1, 0.15) is 4.90 Å². The molecule has 108 valence electrons. The lowest BCUT2D eigenvalue weighted by Gasteiger charge is -2.25. The molecule has 2 N–H and O–H groups in total. The lowest BCUT2D eigenvalue weighted by molar-refractivity contribution is 0.342. The van der Waals surface area contributed by atoms with Gasteiger partial charge in [0.2, 0.25) is 10.0 Å². The Balaban J connectivity index is 2.37. The van der Waals surface area contributed by atoms with Gasteiger partial charge < -0.3 is 5.73 Å². The Morgan fingerprint density at radius 2 is 2.16 bits per heavy atom. The monoisotopic (exact) mass is 286 g/mol. The van der Waals surface area contributed by atoms with Crippen LogP contribution in [-0.4, -0.2) is 35.1 Å². The Morgan fingerprint density at radius 3 is 2.79 bits per heavy atom. The molecule has 1 unspecified atom stereocenters. The molecule has 0 bridgehead atoms. The summed E-state index contributed by atoms with van der Waals surface area (Å²) in [6.07, 6.45) is 5.51. The molecule has 1 aromatic rings. The van der Waals surface area contributed by atoms with E-state index in [9.17, 15) is 8.42 Å².